The number of hydrogen-bond acceptors (Lipinski definition) is 3. The molecule has 0 aliphatic carbocycles. The van der Waals surface area contributed by atoms with E-state index >= 15 is 0 Å². The van der Waals surface area contributed by atoms with E-state index in [0.29, 0.717) is 6.54 Å². The molecule has 0 spiro atoms. The molecule has 0 aliphatic heterocycles. The summed E-state index contributed by atoms with van der Waals surface area (Å²) in [6.07, 6.45) is 5.03. The minimum Gasteiger partial charge on any atom is -0.363 e. The van der Waals surface area contributed by atoms with Gasteiger partial charge >= 0.3 is 0 Å². The Balaban J connectivity index is 0.00000300. The number of benzene rings is 1. The predicted octanol–water partition coefficient (Wildman–Crippen LogP) is 3.87. The van der Waals surface area contributed by atoms with Gasteiger partial charge in [0.2, 0.25) is 0 Å². The van der Waals surface area contributed by atoms with Gasteiger partial charge in [-0.3, -0.25) is 0 Å². The summed E-state index contributed by atoms with van der Waals surface area (Å²) in [5.41, 5.74) is 2.44. The number of aromatic nitrogens is 2. The first-order chi connectivity index (χ1) is 13.7. The topological polar surface area (TPSA) is 57.5 Å². The van der Waals surface area contributed by atoms with E-state index in [2.05, 4.69) is 69.7 Å². The molecule has 29 heavy (non-hydrogen) atoms. The monoisotopic (exact) mass is 506 g/mol. The Kier molecular flexibility index (Phi) is 9.24. The van der Waals surface area contributed by atoms with Gasteiger partial charge in [0.15, 0.2) is 5.96 Å². The molecule has 2 N–H and O–H groups in total. The minimum atomic E-state index is 0. The van der Waals surface area contributed by atoms with Gasteiger partial charge in [-0.05, 0) is 48.6 Å². The van der Waals surface area contributed by atoms with E-state index in [1.165, 1.54) is 10.9 Å². The van der Waals surface area contributed by atoms with Crippen molar-refractivity contribution in [2.75, 3.05) is 32.1 Å². The highest BCUT2D eigenvalue weighted by atomic mass is 127. The largest absolute Gasteiger partial charge is 0.363 e. The molecule has 6 nitrogen and oxygen atoms in total. The second kappa shape index (κ2) is 11.6. The van der Waals surface area contributed by atoms with Crippen molar-refractivity contribution >= 4 is 46.7 Å². The Morgan fingerprint density at radius 2 is 1.97 bits per heavy atom. The van der Waals surface area contributed by atoms with E-state index in [4.69, 9.17) is 4.99 Å². The van der Waals surface area contributed by atoms with Crippen molar-refractivity contribution in [3.05, 3.63) is 60.4 Å². The molecule has 0 saturated heterocycles. The lowest BCUT2D eigenvalue weighted by atomic mass is 10.2. The summed E-state index contributed by atoms with van der Waals surface area (Å²) < 4.78 is 2.31. The van der Waals surface area contributed by atoms with Crippen LogP contribution in [0, 0.1) is 0 Å². The quantitative estimate of drug-likeness (QED) is 0.211. The Bertz CT molecular complexity index is 918. The number of rotatable bonds is 8. The van der Waals surface area contributed by atoms with Crippen molar-refractivity contribution < 1.29 is 0 Å². The number of hydrogen-bond donors (Lipinski definition) is 2. The van der Waals surface area contributed by atoms with Crippen LogP contribution in [0.5, 0.6) is 0 Å². The molecule has 2 aromatic heterocycles. The molecule has 0 amide bonds. The molecule has 0 atom stereocenters. The Morgan fingerprint density at radius 3 is 2.76 bits per heavy atom. The molecular formula is C22H31IN6. The highest BCUT2D eigenvalue weighted by Crippen LogP contribution is 2.15. The van der Waals surface area contributed by atoms with E-state index in [1.807, 2.05) is 31.3 Å². The summed E-state index contributed by atoms with van der Waals surface area (Å²) in [7, 11) is 3.99. The summed E-state index contributed by atoms with van der Waals surface area (Å²) in [5.74, 6) is 1.80. The van der Waals surface area contributed by atoms with E-state index in [0.717, 1.165) is 43.4 Å². The van der Waals surface area contributed by atoms with Gasteiger partial charge in [-0.1, -0.05) is 18.2 Å². The number of pyridine rings is 1. The number of aliphatic imine (C=N–C) groups is 1. The lowest BCUT2D eigenvalue weighted by Crippen LogP contribution is -2.38. The fraction of sp³-hybridized carbons (Fsp3) is 0.364. The van der Waals surface area contributed by atoms with Crippen LogP contribution in [0.4, 0.5) is 5.82 Å². The van der Waals surface area contributed by atoms with Crippen LogP contribution < -0.4 is 15.5 Å². The highest BCUT2D eigenvalue weighted by Gasteiger charge is 2.02. The van der Waals surface area contributed by atoms with Crippen molar-refractivity contribution in [2.24, 2.45) is 4.99 Å². The average molecular weight is 506 g/mol. The maximum atomic E-state index is 4.71. The number of anilines is 1. The minimum absolute atomic E-state index is 0. The van der Waals surface area contributed by atoms with Crippen LogP contribution in [0.3, 0.4) is 0 Å². The summed E-state index contributed by atoms with van der Waals surface area (Å²) in [6, 6.07) is 14.8. The lowest BCUT2D eigenvalue weighted by Gasteiger charge is -2.13. The van der Waals surface area contributed by atoms with Gasteiger partial charge < -0.3 is 20.1 Å². The van der Waals surface area contributed by atoms with Gasteiger partial charge in [-0.15, -0.1) is 24.0 Å². The van der Waals surface area contributed by atoms with Crippen molar-refractivity contribution in [3.63, 3.8) is 0 Å². The second-order valence-corrected chi connectivity index (χ2v) is 6.96. The van der Waals surface area contributed by atoms with Crippen LogP contribution in [0.25, 0.3) is 10.9 Å². The first kappa shape index (κ1) is 23.0. The average Bonchev–Trinajstić information content (AvgIpc) is 3.12. The van der Waals surface area contributed by atoms with Crippen LogP contribution in [0.1, 0.15) is 18.9 Å². The molecule has 0 unspecified atom stereocenters. The Morgan fingerprint density at radius 1 is 1.14 bits per heavy atom. The summed E-state index contributed by atoms with van der Waals surface area (Å²) >= 11 is 0. The number of fused-ring (bicyclic) bond motifs is 1. The van der Waals surface area contributed by atoms with Crippen molar-refractivity contribution in [1.82, 2.24) is 20.2 Å². The molecule has 3 aromatic rings. The molecule has 1 aromatic carbocycles. The normalized spacial score (nSPS) is 11.2. The number of guanidine groups is 1. The maximum absolute atomic E-state index is 4.71. The second-order valence-electron chi connectivity index (χ2n) is 6.96. The van der Waals surface area contributed by atoms with Crippen molar-refractivity contribution in [1.29, 1.82) is 0 Å². The number of para-hydroxylation sites is 1. The van der Waals surface area contributed by atoms with E-state index in [1.54, 1.807) is 0 Å². The smallest absolute Gasteiger partial charge is 0.191 e. The third kappa shape index (κ3) is 6.62. The van der Waals surface area contributed by atoms with Crippen LogP contribution in [-0.2, 0) is 13.1 Å². The molecule has 0 radical (unpaired) electrons. The SMILES string of the molecule is CCNC(=NCc1ccnc(N(C)C)c1)NCCCn1ccc2ccccc21.I. The zero-order valence-corrected chi connectivity index (χ0v) is 19.8. The van der Waals surface area contributed by atoms with Crippen LogP contribution >= 0.6 is 24.0 Å². The Labute approximate surface area is 190 Å². The fourth-order valence-electron chi connectivity index (χ4n) is 3.11. The first-order valence-electron chi connectivity index (χ1n) is 9.85. The molecule has 3 rings (SSSR count). The van der Waals surface area contributed by atoms with Gasteiger partial charge in [0.05, 0.1) is 6.54 Å². The standard InChI is InChI=1S/C22H30N6.HI/c1-4-23-22(26-17-18-10-13-24-21(16-18)27(2)3)25-12-7-14-28-15-11-19-8-5-6-9-20(19)28;/h5-6,8-11,13,15-16H,4,7,12,14,17H2,1-3H3,(H2,23,25,26);1H. The molecule has 0 bridgehead atoms. The first-order valence-corrected chi connectivity index (χ1v) is 9.85. The van der Waals surface area contributed by atoms with Gasteiger partial charge in [-0.25, -0.2) is 9.98 Å². The van der Waals surface area contributed by atoms with Gasteiger partial charge in [0.1, 0.15) is 5.82 Å². The van der Waals surface area contributed by atoms with Gasteiger partial charge in [0, 0.05) is 51.6 Å². The number of nitrogens with one attached hydrogen (secondary N) is 2. The van der Waals surface area contributed by atoms with Crippen molar-refractivity contribution in [3.8, 4) is 0 Å². The molecule has 0 fully saturated rings. The molecular weight excluding hydrogens is 475 g/mol. The van der Waals surface area contributed by atoms with Gasteiger partial charge in [-0.2, -0.15) is 0 Å². The predicted molar refractivity (Wildman–Crippen MR) is 133 cm³/mol. The van der Waals surface area contributed by atoms with Crippen LogP contribution in [0.2, 0.25) is 0 Å². The third-order valence-corrected chi connectivity index (χ3v) is 4.58. The lowest BCUT2D eigenvalue weighted by molar-refractivity contribution is 0.641. The van der Waals surface area contributed by atoms with Gasteiger partial charge in [0.25, 0.3) is 0 Å². The zero-order valence-electron chi connectivity index (χ0n) is 17.4. The zero-order chi connectivity index (χ0) is 19.8. The number of aryl methyl sites for hydroxylation is 1. The number of halogens is 1. The third-order valence-electron chi connectivity index (χ3n) is 4.58. The summed E-state index contributed by atoms with van der Waals surface area (Å²) in [5, 5.41) is 8.05. The van der Waals surface area contributed by atoms with Crippen LogP contribution in [-0.4, -0.2) is 42.7 Å². The molecule has 2 heterocycles. The molecule has 0 aliphatic rings. The van der Waals surface area contributed by atoms with E-state index < -0.39 is 0 Å². The van der Waals surface area contributed by atoms with Crippen molar-refractivity contribution in [2.45, 2.75) is 26.4 Å². The van der Waals surface area contributed by atoms with E-state index in [-0.39, 0.29) is 24.0 Å². The molecule has 156 valence electrons. The van der Waals surface area contributed by atoms with E-state index in [9.17, 15) is 0 Å². The molecule has 7 heteroatoms. The molecule has 0 saturated carbocycles. The summed E-state index contributed by atoms with van der Waals surface area (Å²) in [6.45, 7) is 5.40. The number of nitrogens with zero attached hydrogens (tertiary/aromatic N) is 4. The van der Waals surface area contributed by atoms with Crippen LogP contribution in [0.15, 0.2) is 59.9 Å². The fourth-order valence-corrected chi connectivity index (χ4v) is 3.11. The summed E-state index contributed by atoms with van der Waals surface area (Å²) in [4.78, 5) is 11.1. The highest BCUT2D eigenvalue weighted by molar-refractivity contribution is 14.0. The Hall–Kier alpha value is -2.29. The maximum Gasteiger partial charge on any atom is 0.191 e.